The molecule has 0 rings (SSSR count). The summed E-state index contributed by atoms with van der Waals surface area (Å²) in [4.78, 5) is 24.7. The van der Waals surface area contributed by atoms with Gasteiger partial charge in [-0.2, -0.15) is 0 Å². The highest BCUT2D eigenvalue weighted by molar-refractivity contribution is 5.76. The van der Waals surface area contributed by atoms with Gasteiger partial charge in [-0.3, -0.25) is 9.59 Å². The molecule has 0 aliphatic rings. The van der Waals surface area contributed by atoms with Crippen molar-refractivity contribution in [3.05, 3.63) is 12.2 Å². The number of rotatable bonds is 71. The molecule has 0 bridgehead atoms. The third-order valence-electron chi connectivity index (χ3n) is 17.8. The van der Waals surface area contributed by atoms with Crippen molar-refractivity contribution in [1.29, 1.82) is 0 Å². The fraction of sp³-hybridized carbons (Fsp3) is 0.947. The maximum absolute atomic E-state index is 12.5. The molecule has 81 heavy (non-hydrogen) atoms. The Morgan fingerprint density at radius 3 is 0.840 bits per heavy atom. The van der Waals surface area contributed by atoms with Crippen LogP contribution in [0, 0.1) is 0 Å². The number of hydrogen-bond acceptors (Lipinski definition) is 5. The largest absolute Gasteiger partial charge is 0.466 e. The Bertz CT molecular complexity index is 1220. The van der Waals surface area contributed by atoms with Crippen LogP contribution in [-0.4, -0.2) is 47.4 Å². The molecule has 6 heteroatoms. The minimum absolute atomic E-state index is 0.0177. The Labute approximate surface area is 508 Å². The lowest BCUT2D eigenvalue weighted by atomic mass is 10.0. The van der Waals surface area contributed by atoms with Gasteiger partial charge in [0.1, 0.15) is 0 Å². The number of nitrogens with one attached hydrogen (secondary N) is 1. The zero-order chi connectivity index (χ0) is 58.5. The van der Waals surface area contributed by atoms with Crippen LogP contribution in [0.5, 0.6) is 0 Å². The van der Waals surface area contributed by atoms with Crippen LogP contribution in [-0.2, 0) is 14.3 Å². The second-order valence-electron chi connectivity index (χ2n) is 26.0. The van der Waals surface area contributed by atoms with E-state index in [0.717, 1.165) is 38.5 Å². The first kappa shape index (κ1) is 79.6. The summed E-state index contributed by atoms with van der Waals surface area (Å²) in [6.45, 7) is 4.96. The zero-order valence-electron chi connectivity index (χ0n) is 55.3. The Hall–Kier alpha value is -1.40. The lowest BCUT2D eigenvalue weighted by Crippen LogP contribution is -2.45. The number of ether oxygens (including phenoxy) is 1. The number of hydrogen-bond donors (Lipinski definition) is 3. The molecule has 0 aromatic heterocycles. The maximum atomic E-state index is 12.5. The number of amides is 1. The van der Waals surface area contributed by atoms with E-state index in [1.165, 1.54) is 366 Å². The van der Waals surface area contributed by atoms with Gasteiger partial charge in [0, 0.05) is 12.8 Å². The van der Waals surface area contributed by atoms with Crippen molar-refractivity contribution >= 4 is 11.9 Å². The molecule has 0 aliphatic carbocycles. The molecule has 0 heterocycles. The van der Waals surface area contributed by atoms with Crippen molar-refractivity contribution in [3.63, 3.8) is 0 Å². The van der Waals surface area contributed by atoms with Crippen molar-refractivity contribution in [3.8, 4) is 0 Å². The van der Waals surface area contributed by atoms with E-state index in [0.29, 0.717) is 19.4 Å². The fourth-order valence-corrected chi connectivity index (χ4v) is 12.1. The molecule has 2 unspecified atom stereocenters. The summed E-state index contributed by atoms with van der Waals surface area (Å²) in [5, 5.41) is 23.3. The Morgan fingerprint density at radius 2 is 0.568 bits per heavy atom. The fourth-order valence-electron chi connectivity index (χ4n) is 12.1. The lowest BCUT2D eigenvalue weighted by molar-refractivity contribution is -0.143. The van der Waals surface area contributed by atoms with E-state index in [-0.39, 0.29) is 18.5 Å². The van der Waals surface area contributed by atoms with Gasteiger partial charge in [-0.05, 0) is 32.1 Å². The van der Waals surface area contributed by atoms with Gasteiger partial charge in [-0.25, -0.2) is 0 Å². The summed E-state index contributed by atoms with van der Waals surface area (Å²) in [5.74, 6) is -0.0457. The number of allylic oxidation sites excluding steroid dienone is 1. The Kier molecular flexibility index (Phi) is 69.9. The zero-order valence-corrected chi connectivity index (χ0v) is 55.3. The third kappa shape index (κ3) is 67.6. The van der Waals surface area contributed by atoms with Crippen molar-refractivity contribution < 1.29 is 24.5 Å². The van der Waals surface area contributed by atoms with E-state index in [2.05, 4.69) is 19.2 Å². The van der Waals surface area contributed by atoms with Crippen LogP contribution in [0.15, 0.2) is 12.2 Å². The average Bonchev–Trinajstić information content (AvgIpc) is 3.47. The van der Waals surface area contributed by atoms with Gasteiger partial charge < -0.3 is 20.3 Å². The van der Waals surface area contributed by atoms with Gasteiger partial charge in [0.05, 0.1) is 25.4 Å². The van der Waals surface area contributed by atoms with Crippen molar-refractivity contribution in [2.75, 3.05) is 13.2 Å². The quantitative estimate of drug-likeness (QED) is 0.0320. The van der Waals surface area contributed by atoms with E-state index < -0.39 is 12.1 Å². The molecule has 2 atom stereocenters. The smallest absolute Gasteiger partial charge is 0.305 e. The van der Waals surface area contributed by atoms with Gasteiger partial charge in [0.2, 0.25) is 5.91 Å². The van der Waals surface area contributed by atoms with Crippen LogP contribution < -0.4 is 5.32 Å². The molecule has 482 valence electrons. The highest BCUT2D eigenvalue weighted by Crippen LogP contribution is 2.20. The molecule has 0 fully saturated rings. The summed E-state index contributed by atoms with van der Waals surface area (Å²) in [7, 11) is 0. The van der Waals surface area contributed by atoms with E-state index in [4.69, 9.17) is 4.74 Å². The number of aliphatic hydroxyl groups is 2. The van der Waals surface area contributed by atoms with Gasteiger partial charge in [0.15, 0.2) is 0 Å². The first-order chi connectivity index (χ1) is 40.0. The topological polar surface area (TPSA) is 95.9 Å². The van der Waals surface area contributed by atoms with E-state index in [1.807, 2.05) is 6.08 Å². The highest BCUT2D eigenvalue weighted by Gasteiger charge is 2.18. The van der Waals surface area contributed by atoms with Crippen molar-refractivity contribution in [2.24, 2.45) is 0 Å². The summed E-state index contributed by atoms with van der Waals surface area (Å²) >= 11 is 0. The number of carbonyl (C=O) groups excluding carboxylic acids is 2. The van der Waals surface area contributed by atoms with Crippen LogP contribution in [0.25, 0.3) is 0 Å². The molecule has 0 aromatic rings. The summed E-state index contributed by atoms with van der Waals surface area (Å²) in [6.07, 6.45) is 88.7. The molecular formula is C75H147NO5. The summed E-state index contributed by atoms with van der Waals surface area (Å²) in [5.41, 5.74) is 0. The first-order valence-electron chi connectivity index (χ1n) is 37.5. The molecule has 3 N–H and O–H groups in total. The van der Waals surface area contributed by atoms with Crippen LogP contribution in [0.4, 0.5) is 0 Å². The van der Waals surface area contributed by atoms with Crippen LogP contribution in [0.2, 0.25) is 0 Å². The minimum atomic E-state index is -0.846. The van der Waals surface area contributed by atoms with Crippen LogP contribution in [0.1, 0.15) is 431 Å². The van der Waals surface area contributed by atoms with Gasteiger partial charge in [0.25, 0.3) is 0 Å². The molecule has 0 aliphatic heterocycles. The molecule has 0 spiro atoms. The monoisotopic (exact) mass is 1140 g/mol. The van der Waals surface area contributed by atoms with Gasteiger partial charge in [-0.1, -0.05) is 398 Å². The summed E-state index contributed by atoms with van der Waals surface area (Å²) < 4.78 is 5.52. The summed E-state index contributed by atoms with van der Waals surface area (Å²) in [6, 6.07) is -0.629. The number of aliphatic hydroxyl groups excluding tert-OH is 2. The van der Waals surface area contributed by atoms with Crippen LogP contribution in [0.3, 0.4) is 0 Å². The molecule has 0 saturated heterocycles. The Balaban J connectivity index is 3.39. The van der Waals surface area contributed by atoms with E-state index in [9.17, 15) is 19.8 Å². The molecule has 1 amide bonds. The minimum Gasteiger partial charge on any atom is -0.466 e. The molecule has 0 aromatic carbocycles. The normalized spacial score (nSPS) is 12.5. The standard InChI is InChI=1S/C75H147NO5/c1-3-5-7-9-11-13-15-17-19-21-23-24-25-26-28-32-35-39-43-47-51-55-59-63-67-73(78)72(71-77)76-74(79)68-64-60-56-52-48-44-40-36-33-29-27-30-34-38-42-46-50-54-58-62-66-70-81-75(80)69-65-61-57-53-49-45-41-37-31-22-20-18-16-14-12-10-8-6-4-2/h63,67,72-73,77-78H,3-62,64-66,68-71H2,1-2H3,(H,76,79)/b67-63+. The predicted octanol–water partition coefficient (Wildman–Crippen LogP) is 24.3. The molecule has 0 saturated carbocycles. The van der Waals surface area contributed by atoms with Gasteiger partial charge >= 0.3 is 5.97 Å². The number of unbranched alkanes of at least 4 members (excludes halogenated alkanes) is 60. The SMILES string of the molecule is CCCCCCCCCCCCCCCCCCCCCCCC/C=C/C(O)C(CO)NC(=O)CCCCCCCCCCCCCCCCCCCCCCCOC(=O)CCCCCCCCCCCCCCCCCCCCC. The van der Waals surface area contributed by atoms with Crippen molar-refractivity contribution in [1.82, 2.24) is 5.32 Å². The van der Waals surface area contributed by atoms with Gasteiger partial charge in [-0.15, -0.1) is 0 Å². The van der Waals surface area contributed by atoms with E-state index in [1.54, 1.807) is 6.08 Å². The Morgan fingerprint density at radius 1 is 0.333 bits per heavy atom. The molecule has 0 radical (unpaired) electrons. The molecule has 6 nitrogen and oxygen atoms in total. The highest BCUT2D eigenvalue weighted by atomic mass is 16.5. The third-order valence-corrected chi connectivity index (χ3v) is 17.8. The number of carbonyl (C=O) groups is 2. The predicted molar refractivity (Wildman–Crippen MR) is 357 cm³/mol. The van der Waals surface area contributed by atoms with Crippen LogP contribution >= 0.6 is 0 Å². The molecular weight excluding hydrogens is 995 g/mol. The van der Waals surface area contributed by atoms with E-state index >= 15 is 0 Å². The second kappa shape index (κ2) is 71.1. The average molecular weight is 1140 g/mol. The lowest BCUT2D eigenvalue weighted by Gasteiger charge is -2.20. The maximum Gasteiger partial charge on any atom is 0.305 e. The number of esters is 1. The van der Waals surface area contributed by atoms with Crippen molar-refractivity contribution in [2.45, 2.75) is 443 Å². The first-order valence-corrected chi connectivity index (χ1v) is 37.5. The second-order valence-corrected chi connectivity index (χ2v) is 26.0.